The molecular weight excluding hydrogens is 580 g/mol. The zero-order valence-electron chi connectivity index (χ0n) is 25.8. The molecule has 41 heavy (non-hydrogen) atoms. The summed E-state index contributed by atoms with van der Waals surface area (Å²) in [5.74, 6) is 0. The first-order valence-corrected chi connectivity index (χ1v) is 18.6. The molecule has 1 unspecified atom stereocenters. The van der Waals surface area contributed by atoms with Gasteiger partial charge in [0.05, 0.1) is 13.1 Å². The number of rotatable bonds is 4. The van der Waals surface area contributed by atoms with Crippen LogP contribution >= 0.6 is 15.0 Å². The second-order valence-electron chi connectivity index (χ2n) is 11.4. The Morgan fingerprint density at radius 1 is 0.756 bits per heavy atom. The Morgan fingerprint density at radius 3 is 1.71 bits per heavy atom. The molecule has 6 heterocycles. The lowest BCUT2D eigenvalue weighted by atomic mass is 10.2. The Hall–Kier alpha value is -1.05. The van der Waals surface area contributed by atoms with Crippen LogP contribution in [0.5, 0.6) is 0 Å². The summed E-state index contributed by atoms with van der Waals surface area (Å²) in [5.41, 5.74) is 1.06. The van der Waals surface area contributed by atoms with E-state index in [1.807, 2.05) is 6.92 Å². The van der Waals surface area contributed by atoms with Crippen LogP contribution < -0.4 is 0 Å². The lowest BCUT2D eigenvalue weighted by molar-refractivity contribution is -0.486. The minimum absolute atomic E-state index is 0.339. The van der Waals surface area contributed by atoms with Gasteiger partial charge in [-0.2, -0.15) is 0 Å². The average Bonchev–Trinajstić information content (AvgIpc) is 2.93. The topological polar surface area (TPSA) is 104 Å². The van der Waals surface area contributed by atoms with Gasteiger partial charge in [0.2, 0.25) is 0 Å². The molecule has 0 aliphatic carbocycles. The lowest BCUT2D eigenvalue weighted by Crippen LogP contribution is -2.48. The zero-order valence-corrected chi connectivity index (χ0v) is 28.4. The predicted octanol–water partition coefficient (Wildman–Crippen LogP) is 2.52. The number of nitrogens with zero attached hydrogens (tertiary/aromatic N) is 11. The third-order valence-electron chi connectivity index (χ3n) is 8.72. The molecule has 6 aliphatic heterocycles. The van der Waals surface area contributed by atoms with Gasteiger partial charge in [0.25, 0.3) is 15.0 Å². The van der Waals surface area contributed by atoms with Crippen LogP contribution in [0.25, 0.3) is 5.20 Å². The van der Waals surface area contributed by atoms with E-state index >= 15 is 0 Å². The zero-order chi connectivity index (χ0) is 29.8. The monoisotopic (exact) mass is 629 g/mol. The summed E-state index contributed by atoms with van der Waals surface area (Å²) in [7, 11) is 9.11. The highest BCUT2D eigenvalue weighted by molar-refractivity contribution is 7.79. The number of benzene rings is 1. The van der Waals surface area contributed by atoms with Gasteiger partial charge in [-0.25, -0.2) is 27.3 Å². The van der Waals surface area contributed by atoms with E-state index in [0.29, 0.717) is 4.90 Å². The van der Waals surface area contributed by atoms with Crippen LogP contribution in [0.3, 0.4) is 0 Å². The van der Waals surface area contributed by atoms with Crippen LogP contribution in [0.15, 0.2) is 39.3 Å². The second kappa shape index (κ2) is 14.2. The van der Waals surface area contributed by atoms with Crippen molar-refractivity contribution in [3.8, 4) is 0 Å². The molecule has 0 aromatic heterocycles. The number of hydrogen-bond acceptors (Lipinski definition) is 10. The van der Waals surface area contributed by atoms with Crippen LogP contribution in [0.2, 0.25) is 0 Å². The number of hydrogen-bond donors (Lipinski definition) is 0. The van der Waals surface area contributed by atoms with E-state index in [2.05, 4.69) is 79.4 Å². The van der Waals surface area contributed by atoms with Gasteiger partial charge in [0, 0.05) is 57.3 Å². The Labute approximate surface area is 249 Å². The molecule has 2 fully saturated rings. The fourth-order valence-corrected chi connectivity index (χ4v) is 12.8. The molecule has 16 heteroatoms. The standard InChI is InChI=1S/C18H42N11P2.C7H8O2S/c1-22-7-13-28-14-8-23(2)30(22,24(3)9-15-28)20-19-21-31-25(4)10-16-29(17-11-26(31)5)18-12-27(31)6;1-6-2-4-7(5-3-6)10(8)9/h7-18H2,1-6H3;2-5H,1H3,(H,8,9)/q+1;/p-1. The highest BCUT2D eigenvalue weighted by Crippen LogP contribution is 2.62. The maximum Gasteiger partial charge on any atom is 0.273 e. The first kappa shape index (κ1) is 32.9. The van der Waals surface area contributed by atoms with Crippen molar-refractivity contribution in [1.29, 1.82) is 0 Å². The summed E-state index contributed by atoms with van der Waals surface area (Å²) in [5, 5.41) is 9.88. The van der Waals surface area contributed by atoms with E-state index in [4.69, 9.17) is 15.3 Å². The first-order valence-electron chi connectivity index (χ1n) is 14.3. The summed E-state index contributed by atoms with van der Waals surface area (Å²) in [6.07, 6.45) is 0. The molecule has 2 saturated heterocycles. The van der Waals surface area contributed by atoms with Gasteiger partial charge < -0.3 is 4.55 Å². The maximum atomic E-state index is 10.3. The van der Waals surface area contributed by atoms with Crippen LogP contribution in [-0.4, -0.2) is 167 Å². The third kappa shape index (κ3) is 7.03. The van der Waals surface area contributed by atoms with E-state index in [1.165, 1.54) is 0 Å². The molecule has 0 spiro atoms. The molecular formula is C25H49N11O2P2S. The molecule has 0 amide bonds. The van der Waals surface area contributed by atoms with Crippen molar-refractivity contribution in [3.05, 3.63) is 35.0 Å². The minimum Gasteiger partial charge on any atom is -0.768 e. The average molecular weight is 630 g/mol. The molecule has 1 aromatic carbocycles. The fourth-order valence-electron chi connectivity index (χ4n) is 5.94. The highest BCUT2D eigenvalue weighted by atomic mass is 32.2. The Bertz CT molecular complexity index is 1190. The lowest BCUT2D eigenvalue weighted by Gasteiger charge is -2.46. The van der Waals surface area contributed by atoms with E-state index in [0.717, 1.165) is 84.1 Å². The van der Waals surface area contributed by atoms with Gasteiger partial charge in [-0.3, -0.25) is 29.3 Å². The highest BCUT2D eigenvalue weighted by Gasteiger charge is 2.41. The van der Waals surface area contributed by atoms with Crippen molar-refractivity contribution in [3.63, 3.8) is 0 Å². The number of aryl methyl sites for hydroxylation is 1. The number of fused-ring (bicyclic) bond motifs is 12. The van der Waals surface area contributed by atoms with Crippen molar-refractivity contribution >= 4 is 26.1 Å². The van der Waals surface area contributed by atoms with E-state index in [9.17, 15) is 8.76 Å². The van der Waals surface area contributed by atoms with Gasteiger partial charge in [-0.15, -0.1) is 0 Å². The molecule has 0 saturated carbocycles. The third-order valence-corrected chi connectivity index (χ3v) is 16.7. The van der Waals surface area contributed by atoms with Crippen LogP contribution in [-0.2, 0) is 11.1 Å². The summed E-state index contributed by atoms with van der Waals surface area (Å²) < 4.78 is 35.3. The molecule has 1 atom stereocenters. The first-order chi connectivity index (χ1) is 19.5. The Kier molecular flexibility index (Phi) is 11.3. The summed E-state index contributed by atoms with van der Waals surface area (Å²) in [6, 6.07) is 6.70. The SMILES string of the molecule is CN1CCN2CCN(C)P1(/N=N/[N-]P13=[N+](C)CCN(CCN1C)CCN3C)=[N+](C)CC2.Cc1ccc(S(=O)[O-])cc1. The van der Waals surface area contributed by atoms with Crippen LogP contribution in [0, 0.1) is 6.92 Å². The van der Waals surface area contributed by atoms with Crippen LogP contribution in [0.1, 0.15) is 5.56 Å². The molecule has 1 aromatic rings. The smallest absolute Gasteiger partial charge is 0.273 e. The summed E-state index contributed by atoms with van der Waals surface area (Å²) in [4.78, 5) is 10.6. The molecule has 0 N–H and O–H groups in total. The fraction of sp³-hybridized carbons (Fsp3) is 0.760. The Morgan fingerprint density at radius 2 is 1.22 bits per heavy atom. The van der Waals surface area contributed by atoms with E-state index in [-0.39, 0.29) is 0 Å². The van der Waals surface area contributed by atoms with Crippen molar-refractivity contribution in [1.82, 2.24) is 28.5 Å². The molecule has 0 radical (unpaired) electrons. The quantitative estimate of drug-likeness (QED) is 0.217. The molecule has 4 bridgehead atoms. The van der Waals surface area contributed by atoms with Crippen molar-refractivity contribution in [2.45, 2.75) is 11.8 Å². The maximum absolute atomic E-state index is 10.3. The van der Waals surface area contributed by atoms with Gasteiger partial charge in [0.15, 0.2) is 13.1 Å². The summed E-state index contributed by atoms with van der Waals surface area (Å²) in [6.45, 7) is 14.6. The summed E-state index contributed by atoms with van der Waals surface area (Å²) >= 11 is -2.09. The molecule has 232 valence electrons. The largest absolute Gasteiger partial charge is 0.768 e. The van der Waals surface area contributed by atoms with Gasteiger partial charge in [-0.1, -0.05) is 17.7 Å². The van der Waals surface area contributed by atoms with Gasteiger partial charge in [0.1, 0.15) is 14.1 Å². The van der Waals surface area contributed by atoms with Gasteiger partial charge >= 0.3 is 0 Å². The normalized spacial score (nSPS) is 33.3. The Balaban J connectivity index is 0.000000328. The molecule has 7 rings (SSSR count). The van der Waals surface area contributed by atoms with Crippen LogP contribution in [0.4, 0.5) is 0 Å². The van der Waals surface area contributed by atoms with Crippen molar-refractivity contribution < 1.29 is 17.4 Å². The van der Waals surface area contributed by atoms with E-state index in [1.54, 1.807) is 24.3 Å². The minimum atomic E-state index is -2.09. The predicted molar refractivity (Wildman–Crippen MR) is 166 cm³/mol. The van der Waals surface area contributed by atoms with E-state index < -0.39 is 26.1 Å². The second-order valence-corrected chi connectivity index (χ2v) is 18.9. The number of likely N-dealkylation sites (N-methyl/N-ethyl adjacent to an activating group) is 6. The molecule has 6 aliphatic rings. The van der Waals surface area contributed by atoms with Crippen molar-refractivity contribution in [2.75, 3.05) is 121 Å². The van der Waals surface area contributed by atoms with Gasteiger partial charge in [-0.05, 0) is 58.3 Å². The molecule has 13 nitrogen and oxygen atoms in total. The van der Waals surface area contributed by atoms with Crippen molar-refractivity contribution in [2.24, 2.45) is 10.1 Å².